The van der Waals surface area contributed by atoms with Crippen molar-refractivity contribution in [3.63, 3.8) is 0 Å². The van der Waals surface area contributed by atoms with Crippen molar-refractivity contribution in [1.82, 2.24) is 14.5 Å². The monoisotopic (exact) mass is 284 g/mol. The van der Waals surface area contributed by atoms with E-state index in [2.05, 4.69) is 35.6 Å². The van der Waals surface area contributed by atoms with Crippen molar-refractivity contribution < 1.29 is 0 Å². The van der Waals surface area contributed by atoms with Crippen LogP contribution in [0.1, 0.15) is 32.5 Å². The second-order valence-corrected chi connectivity index (χ2v) is 5.75. The molecule has 1 atom stereocenters. The van der Waals surface area contributed by atoms with Gasteiger partial charge < -0.3 is 4.57 Å². The molecule has 0 fully saturated rings. The van der Waals surface area contributed by atoms with E-state index in [-0.39, 0.29) is 5.92 Å². The van der Waals surface area contributed by atoms with Gasteiger partial charge in [-0.05, 0) is 39.1 Å². The van der Waals surface area contributed by atoms with Gasteiger partial charge in [-0.1, -0.05) is 25.5 Å². The van der Waals surface area contributed by atoms with Crippen molar-refractivity contribution in [2.75, 3.05) is 13.6 Å². The van der Waals surface area contributed by atoms with E-state index in [9.17, 15) is 0 Å². The smallest absolute Gasteiger partial charge is 0.124 e. The van der Waals surface area contributed by atoms with Crippen LogP contribution in [0.25, 0.3) is 11.0 Å². The Morgan fingerprint density at radius 3 is 2.86 bits per heavy atom. The van der Waals surface area contributed by atoms with E-state index in [0.717, 1.165) is 29.9 Å². The lowest BCUT2D eigenvalue weighted by molar-refractivity contribution is 0.306. The maximum Gasteiger partial charge on any atom is 0.124 e. The zero-order valence-corrected chi connectivity index (χ0v) is 13.2. The minimum atomic E-state index is -0.0118. The molecule has 0 aliphatic carbocycles. The van der Waals surface area contributed by atoms with Gasteiger partial charge in [0.15, 0.2) is 0 Å². The first-order chi connectivity index (χ1) is 10.2. The molecular formula is C17H24N4. The Hall–Kier alpha value is -1.86. The molecular weight excluding hydrogens is 260 g/mol. The number of rotatable bonds is 7. The summed E-state index contributed by atoms with van der Waals surface area (Å²) in [5.74, 6) is 1.04. The first-order valence-electron chi connectivity index (χ1n) is 7.68. The largest absolute Gasteiger partial charge is 0.326 e. The summed E-state index contributed by atoms with van der Waals surface area (Å²) in [7, 11) is 2.13. The number of imidazole rings is 1. The zero-order valence-electron chi connectivity index (χ0n) is 13.2. The average Bonchev–Trinajstić information content (AvgIpc) is 2.82. The molecule has 0 radical (unpaired) electrons. The highest BCUT2D eigenvalue weighted by atomic mass is 15.2. The van der Waals surface area contributed by atoms with E-state index in [0.29, 0.717) is 6.54 Å². The molecule has 2 rings (SSSR count). The number of aromatic nitrogens is 2. The minimum absolute atomic E-state index is 0.0118. The summed E-state index contributed by atoms with van der Waals surface area (Å²) in [5.41, 5.74) is 2.14. The molecule has 0 spiro atoms. The molecule has 0 amide bonds. The Morgan fingerprint density at radius 2 is 2.14 bits per heavy atom. The van der Waals surface area contributed by atoms with Gasteiger partial charge in [0.05, 0.1) is 29.6 Å². The highest BCUT2D eigenvalue weighted by Crippen LogP contribution is 2.18. The highest BCUT2D eigenvalue weighted by molar-refractivity contribution is 5.75. The number of benzene rings is 1. The number of hydrogen-bond acceptors (Lipinski definition) is 3. The van der Waals surface area contributed by atoms with Gasteiger partial charge in [0.25, 0.3) is 0 Å². The molecule has 0 aliphatic rings. The van der Waals surface area contributed by atoms with Crippen LogP contribution in [-0.4, -0.2) is 28.0 Å². The third kappa shape index (κ3) is 3.83. The number of para-hydroxylation sites is 2. The molecule has 4 nitrogen and oxygen atoms in total. The molecule has 1 aromatic heterocycles. The normalized spacial score (nSPS) is 12.7. The molecule has 2 aromatic rings. The van der Waals surface area contributed by atoms with Gasteiger partial charge in [-0.3, -0.25) is 4.90 Å². The van der Waals surface area contributed by atoms with Crippen LogP contribution < -0.4 is 0 Å². The van der Waals surface area contributed by atoms with Gasteiger partial charge in [0.1, 0.15) is 5.82 Å². The van der Waals surface area contributed by atoms with Crippen molar-refractivity contribution in [3.8, 4) is 6.07 Å². The van der Waals surface area contributed by atoms with Gasteiger partial charge >= 0.3 is 0 Å². The topological polar surface area (TPSA) is 44.9 Å². The Morgan fingerprint density at radius 1 is 1.38 bits per heavy atom. The fourth-order valence-corrected chi connectivity index (χ4v) is 2.51. The second kappa shape index (κ2) is 7.24. The van der Waals surface area contributed by atoms with Crippen molar-refractivity contribution in [2.45, 2.75) is 39.8 Å². The molecule has 1 heterocycles. The summed E-state index contributed by atoms with van der Waals surface area (Å²) in [6, 6.07) is 10.5. The SMILES string of the molecule is CCCCN(C)Cc1nc2ccccc2n1CC(C)C#N. The van der Waals surface area contributed by atoms with Crippen LogP contribution >= 0.6 is 0 Å². The van der Waals surface area contributed by atoms with Crippen LogP contribution in [0.2, 0.25) is 0 Å². The Balaban J connectivity index is 2.28. The molecule has 21 heavy (non-hydrogen) atoms. The zero-order chi connectivity index (χ0) is 15.2. The van der Waals surface area contributed by atoms with E-state index in [1.54, 1.807) is 0 Å². The molecule has 0 saturated carbocycles. The molecule has 0 N–H and O–H groups in total. The summed E-state index contributed by atoms with van der Waals surface area (Å²) in [6.45, 7) is 6.77. The van der Waals surface area contributed by atoms with Crippen LogP contribution in [0, 0.1) is 17.2 Å². The van der Waals surface area contributed by atoms with Crippen molar-refractivity contribution in [2.24, 2.45) is 5.92 Å². The fourth-order valence-electron chi connectivity index (χ4n) is 2.51. The van der Waals surface area contributed by atoms with Gasteiger partial charge in [-0.2, -0.15) is 5.26 Å². The molecule has 0 bridgehead atoms. The standard InChI is InChI=1S/C17H24N4/c1-4-5-10-20(3)13-17-19-15-8-6-7-9-16(15)21(17)12-14(2)11-18/h6-9,14H,4-5,10,12-13H2,1-3H3. The van der Waals surface area contributed by atoms with Gasteiger partial charge in [0.2, 0.25) is 0 Å². The lowest BCUT2D eigenvalue weighted by Crippen LogP contribution is -2.22. The van der Waals surface area contributed by atoms with E-state index in [4.69, 9.17) is 10.2 Å². The van der Waals surface area contributed by atoms with Crippen LogP contribution in [0.15, 0.2) is 24.3 Å². The van der Waals surface area contributed by atoms with E-state index >= 15 is 0 Å². The fraction of sp³-hybridized carbons (Fsp3) is 0.529. The summed E-state index contributed by atoms with van der Waals surface area (Å²) in [5, 5.41) is 9.10. The molecule has 0 saturated heterocycles. The first kappa shape index (κ1) is 15.5. The van der Waals surface area contributed by atoms with Crippen molar-refractivity contribution in [3.05, 3.63) is 30.1 Å². The number of unbranched alkanes of at least 4 members (excludes halogenated alkanes) is 1. The first-order valence-corrected chi connectivity index (χ1v) is 7.68. The lowest BCUT2D eigenvalue weighted by atomic mass is 10.2. The third-order valence-corrected chi connectivity index (χ3v) is 3.72. The molecule has 1 unspecified atom stereocenters. The van der Waals surface area contributed by atoms with Crippen molar-refractivity contribution >= 4 is 11.0 Å². The maximum atomic E-state index is 9.10. The van der Waals surface area contributed by atoms with Crippen LogP contribution in [0.3, 0.4) is 0 Å². The third-order valence-electron chi connectivity index (χ3n) is 3.72. The van der Waals surface area contributed by atoms with E-state index < -0.39 is 0 Å². The molecule has 0 aliphatic heterocycles. The van der Waals surface area contributed by atoms with E-state index in [1.807, 2.05) is 25.1 Å². The second-order valence-electron chi connectivity index (χ2n) is 5.75. The Bertz CT molecular complexity index is 623. The van der Waals surface area contributed by atoms with Crippen LogP contribution in [0.5, 0.6) is 0 Å². The summed E-state index contributed by atoms with van der Waals surface area (Å²) in [4.78, 5) is 7.06. The van der Waals surface area contributed by atoms with Crippen LogP contribution in [0.4, 0.5) is 0 Å². The van der Waals surface area contributed by atoms with Gasteiger partial charge in [-0.25, -0.2) is 4.98 Å². The Kier molecular flexibility index (Phi) is 5.35. The predicted molar refractivity (Wildman–Crippen MR) is 85.8 cm³/mol. The Labute approximate surface area is 127 Å². The highest BCUT2D eigenvalue weighted by Gasteiger charge is 2.14. The summed E-state index contributed by atoms with van der Waals surface area (Å²) >= 11 is 0. The molecule has 112 valence electrons. The van der Waals surface area contributed by atoms with Crippen molar-refractivity contribution in [1.29, 1.82) is 5.26 Å². The number of nitriles is 1. The average molecular weight is 284 g/mol. The summed E-state index contributed by atoms with van der Waals surface area (Å²) < 4.78 is 2.20. The van der Waals surface area contributed by atoms with Crippen LogP contribution in [-0.2, 0) is 13.1 Å². The van der Waals surface area contributed by atoms with E-state index in [1.165, 1.54) is 12.8 Å². The maximum absolute atomic E-state index is 9.10. The lowest BCUT2D eigenvalue weighted by Gasteiger charge is -2.17. The van der Waals surface area contributed by atoms with Gasteiger partial charge in [-0.15, -0.1) is 0 Å². The molecule has 4 heteroatoms. The number of fused-ring (bicyclic) bond motifs is 1. The number of nitrogens with zero attached hydrogens (tertiary/aromatic N) is 4. The summed E-state index contributed by atoms with van der Waals surface area (Å²) in [6.07, 6.45) is 2.40. The predicted octanol–water partition coefficient (Wildman–Crippen LogP) is 3.43. The van der Waals surface area contributed by atoms with Gasteiger partial charge in [0, 0.05) is 6.54 Å². The molecule has 1 aromatic carbocycles. The minimum Gasteiger partial charge on any atom is -0.326 e. The number of hydrogen-bond donors (Lipinski definition) is 0. The quantitative estimate of drug-likeness (QED) is 0.782.